The van der Waals surface area contributed by atoms with Crippen LogP contribution in [0, 0.1) is 5.92 Å². The molecule has 0 aromatic rings. The fraction of sp³-hybridized carbons (Fsp3) is 0.667. The van der Waals surface area contributed by atoms with Gasteiger partial charge in [-0.15, -0.1) is 0 Å². The summed E-state index contributed by atoms with van der Waals surface area (Å²) in [7, 11) is 0. The number of aliphatic carboxylic acids is 1. The Morgan fingerprint density at radius 1 is 1.67 bits per heavy atom. The van der Waals surface area contributed by atoms with Crippen molar-refractivity contribution in [1.82, 2.24) is 10.6 Å². The van der Waals surface area contributed by atoms with E-state index in [1.165, 1.54) is 0 Å². The number of carboxylic acid groups (broad SMARTS) is 1. The molecule has 1 rings (SSSR count). The highest BCUT2D eigenvalue weighted by atomic mass is 16.4. The Hall–Kier alpha value is -1.59. The van der Waals surface area contributed by atoms with Gasteiger partial charge in [0, 0.05) is 19.0 Å². The van der Waals surface area contributed by atoms with Gasteiger partial charge >= 0.3 is 5.97 Å². The minimum absolute atomic E-state index is 0.111. The number of carboxylic acids is 1. The van der Waals surface area contributed by atoms with Gasteiger partial charge in [-0.1, -0.05) is 0 Å². The molecule has 0 radical (unpaired) electrons. The predicted octanol–water partition coefficient (Wildman–Crippen LogP) is -0.898. The van der Waals surface area contributed by atoms with Crippen molar-refractivity contribution in [3.8, 4) is 0 Å². The minimum Gasteiger partial charge on any atom is -0.481 e. The summed E-state index contributed by atoms with van der Waals surface area (Å²) in [5.74, 6) is -1.72. The number of nitrogens with one attached hydrogen (secondary N) is 2. The Labute approximate surface area is 87.0 Å². The number of hydrogen-bond acceptors (Lipinski definition) is 3. The van der Waals surface area contributed by atoms with E-state index in [4.69, 9.17) is 5.11 Å². The van der Waals surface area contributed by atoms with Gasteiger partial charge in [0.25, 0.3) is 0 Å². The standard InChI is InChI=1S/C9H14N2O4/c1-5(2-8(13)14)11-9(15)6-3-7(12)10-4-6/h5-6H,2-4H2,1H3,(H,10,12)(H,11,15)(H,13,14). The van der Waals surface area contributed by atoms with Gasteiger partial charge < -0.3 is 15.7 Å². The van der Waals surface area contributed by atoms with Crippen molar-refractivity contribution >= 4 is 17.8 Å². The second kappa shape index (κ2) is 4.77. The molecule has 1 fully saturated rings. The molecule has 84 valence electrons. The van der Waals surface area contributed by atoms with Crippen LogP contribution in [0.1, 0.15) is 19.8 Å². The normalized spacial score (nSPS) is 21.9. The molecule has 0 aromatic heterocycles. The van der Waals surface area contributed by atoms with Gasteiger partial charge in [-0.25, -0.2) is 0 Å². The maximum absolute atomic E-state index is 11.5. The number of rotatable bonds is 4. The highest BCUT2D eigenvalue weighted by molar-refractivity contribution is 5.89. The zero-order chi connectivity index (χ0) is 11.4. The van der Waals surface area contributed by atoms with E-state index in [1.807, 2.05) is 0 Å². The molecule has 0 aliphatic carbocycles. The van der Waals surface area contributed by atoms with Gasteiger partial charge in [-0.05, 0) is 6.92 Å². The van der Waals surface area contributed by atoms with Gasteiger partial charge in [0.15, 0.2) is 0 Å². The summed E-state index contributed by atoms with van der Waals surface area (Å²) < 4.78 is 0. The Kier molecular flexibility index (Phi) is 3.65. The molecule has 0 aromatic carbocycles. The van der Waals surface area contributed by atoms with Gasteiger partial charge in [0.1, 0.15) is 0 Å². The van der Waals surface area contributed by atoms with E-state index in [0.717, 1.165) is 0 Å². The molecular weight excluding hydrogens is 200 g/mol. The lowest BCUT2D eigenvalue weighted by molar-refractivity contribution is -0.137. The molecule has 1 heterocycles. The maximum atomic E-state index is 11.5. The van der Waals surface area contributed by atoms with Crippen LogP contribution in [0.3, 0.4) is 0 Å². The van der Waals surface area contributed by atoms with Crippen LogP contribution in [0.5, 0.6) is 0 Å². The van der Waals surface area contributed by atoms with Crippen LogP contribution in [0.25, 0.3) is 0 Å². The molecular formula is C9H14N2O4. The third-order valence-electron chi connectivity index (χ3n) is 2.22. The summed E-state index contributed by atoms with van der Waals surface area (Å²) in [6, 6.07) is -0.411. The average molecular weight is 214 g/mol. The average Bonchev–Trinajstić information content (AvgIpc) is 2.49. The Bertz CT molecular complexity index is 290. The van der Waals surface area contributed by atoms with E-state index in [-0.39, 0.29) is 30.6 Å². The van der Waals surface area contributed by atoms with E-state index < -0.39 is 12.0 Å². The SMILES string of the molecule is CC(CC(=O)O)NC(=O)C1CNC(=O)C1. The van der Waals surface area contributed by atoms with Crippen molar-refractivity contribution in [2.45, 2.75) is 25.8 Å². The van der Waals surface area contributed by atoms with Crippen LogP contribution in [0.4, 0.5) is 0 Å². The number of carbonyl (C=O) groups is 3. The Morgan fingerprint density at radius 3 is 2.80 bits per heavy atom. The fourth-order valence-corrected chi connectivity index (χ4v) is 1.46. The summed E-state index contributed by atoms with van der Waals surface area (Å²) in [5.41, 5.74) is 0. The molecule has 2 atom stereocenters. The smallest absolute Gasteiger partial charge is 0.305 e. The molecule has 3 N–H and O–H groups in total. The van der Waals surface area contributed by atoms with E-state index in [9.17, 15) is 14.4 Å². The second-order valence-electron chi connectivity index (χ2n) is 3.71. The summed E-state index contributed by atoms with van der Waals surface area (Å²) >= 11 is 0. The van der Waals surface area contributed by atoms with Crippen LogP contribution in [0.15, 0.2) is 0 Å². The molecule has 2 unspecified atom stereocenters. The maximum Gasteiger partial charge on any atom is 0.305 e. The molecule has 1 aliphatic heterocycles. The first-order valence-electron chi connectivity index (χ1n) is 4.78. The molecule has 0 bridgehead atoms. The van der Waals surface area contributed by atoms with Gasteiger partial charge in [0.05, 0.1) is 12.3 Å². The molecule has 6 heteroatoms. The number of carbonyl (C=O) groups excluding carboxylic acids is 2. The molecule has 1 saturated heterocycles. The summed E-state index contributed by atoms with van der Waals surface area (Å²) in [6.07, 6.45) is 0.0749. The zero-order valence-corrected chi connectivity index (χ0v) is 8.45. The van der Waals surface area contributed by atoms with Crippen LogP contribution in [0.2, 0.25) is 0 Å². The first-order valence-corrected chi connectivity index (χ1v) is 4.78. The molecule has 1 aliphatic rings. The van der Waals surface area contributed by atoms with Gasteiger partial charge in [0.2, 0.25) is 11.8 Å². The zero-order valence-electron chi connectivity index (χ0n) is 8.45. The first kappa shape index (κ1) is 11.5. The lowest BCUT2D eigenvalue weighted by atomic mass is 10.1. The topological polar surface area (TPSA) is 95.5 Å². The van der Waals surface area contributed by atoms with Gasteiger partial charge in [-0.2, -0.15) is 0 Å². The third-order valence-corrected chi connectivity index (χ3v) is 2.22. The molecule has 15 heavy (non-hydrogen) atoms. The van der Waals surface area contributed by atoms with Crippen molar-refractivity contribution in [3.63, 3.8) is 0 Å². The fourth-order valence-electron chi connectivity index (χ4n) is 1.46. The third kappa shape index (κ3) is 3.57. The van der Waals surface area contributed by atoms with Crippen LogP contribution in [-0.2, 0) is 14.4 Å². The summed E-state index contributed by atoms with van der Waals surface area (Å²) in [4.78, 5) is 32.7. The highest BCUT2D eigenvalue weighted by Crippen LogP contribution is 2.09. The summed E-state index contributed by atoms with van der Waals surface area (Å²) in [5, 5.41) is 13.6. The molecule has 0 saturated carbocycles. The monoisotopic (exact) mass is 214 g/mol. The molecule has 6 nitrogen and oxygen atoms in total. The van der Waals surface area contributed by atoms with Crippen LogP contribution >= 0.6 is 0 Å². The quantitative estimate of drug-likeness (QED) is 0.565. The lowest BCUT2D eigenvalue weighted by Crippen LogP contribution is -2.39. The van der Waals surface area contributed by atoms with E-state index in [2.05, 4.69) is 10.6 Å². The predicted molar refractivity (Wildman–Crippen MR) is 51.0 cm³/mol. The Morgan fingerprint density at radius 2 is 2.33 bits per heavy atom. The number of hydrogen-bond donors (Lipinski definition) is 3. The van der Waals surface area contributed by atoms with Crippen molar-refractivity contribution < 1.29 is 19.5 Å². The van der Waals surface area contributed by atoms with Crippen molar-refractivity contribution in [3.05, 3.63) is 0 Å². The second-order valence-corrected chi connectivity index (χ2v) is 3.71. The summed E-state index contributed by atoms with van der Waals surface area (Å²) in [6.45, 7) is 1.96. The van der Waals surface area contributed by atoms with E-state index >= 15 is 0 Å². The first-order chi connectivity index (χ1) is 6.99. The van der Waals surface area contributed by atoms with E-state index in [0.29, 0.717) is 6.54 Å². The van der Waals surface area contributed by atoms with Gasteiger partial charge in [-0.3, -0.25) is 14.4 Å². The van der Waals surface area contributed by atoms with Crippen molar-refractivity contribution in [1.29, 1.82) is 0 Å². The molecule has 0 spiro atoms. The van der Waals surface area contributed by atoms with Crippen LogP contribution in [-0.4, -0.2) is 35.5 Å². The Balaban J connectivity index is 2.35. The minimum atomic E-state index is -0.955. The number of amides is 2. The molecule has 2 amide bonds. The lowest BCUT2D eigenvalue weighted by Gasteiger charge is -2.14. The van der Waals surface area contributed by atoms with Crippen molar-refractivity contribution in [2.75, 3.05) is 6.54 Å². The largest absolute Gasteiger partial charge is 0.481 e. The van der Waals surface area contributed by atoms with Crippen molar-refractivity contribution in [2.24, 2.45) is 5.92 Å². The van der Waals surface area contributed by atoms with E-state index in [1.54, 1.807) is 6.92 Å². The van der Waals surface area contributed by atoms with Crippen LogP contribution < -0.4 is 10.6 Å². The highest BCUT2D eigenvalue weighted by Gasteiger charge is 2.28.